The standard InChI is InChI=1S/C20H25N3O2/c1-2-22-13-10-17(11-14-22)21-19(24)18-9-6-12-23(20(18)25)15-16-7-4-3-5-8-16/h3-9,12,17H,2,10-11,13-15H2,1H3,(H,21,24). The highest BCUT2D eigenvalue weighted by molar-refractivity contribution is 5.94. The lowest BCUT2D eigenvalue weighted by atomic mass is 10.0. The third-order valence-electron chi connectivity index (χ3n) is 4.83. The molecule has 0 radical (unpaired) electrons. The first-order valence-electron chi connectivity index (χ1n) is 8.94. The van der Waals surface area contributed by atoms with E-state index < -0.39 is 0 Å². The molecule has 5 nitrogen and oxygen atoms in total. The Kier molecular flexibility index (Phi) is 5.66. The van der Waals surface area contributed by atoms with Crippen molar-refractivity contribution in [2.45, 2.75) is 32.4 Å². The molecule has 25 heavy (non-hydrogen) atoms. The van der Waals surface area contributed by atoms with E-state index in [2.05, 4.69) is 17.1 Å². The van der Waals surface area contributed by atoms with E-state index in [1.807, 2.05) is 30.3 Å². The molecule has 1 saturated heterocycles. The number of likely N-dealkylation sites (tertiary alicyclic amines) is 1. The van der Waals surface area contributed by atoms with Crippen LogP contribution in [0.1, 0.15) is 35.7 Å². The monoisotopic (exact) mass is 339 g/mol. The number of hydrogen-bond donors (Lipinski definition) is 1. The van der Waals surface area contributed by atoms with E-state index in [4.69, 9.17) is 0 Å². The van der Waals surface area contributed by atoms with E-state index in [1.165, 1.54) is 0 Å². The number of nitrogens with one attached hydrogen (secondary N) is 1. The lowest BCUT2D eigenvalue weighted by molar-refractivity contribution is 0.0910. The zero-order chi connectivity index (χ0) is 17.6. The normalized spacial score (nSPS) is 15.9. The largest absolute Gasteiger partial charge is 0.349 e. The maximum atomic E-state index is 12.6. The van der Waals surface area contributed by atoms with Gasteiger partial charge in [0.05, 0.1) is 6.54 Å². The average Bonchev–Trinajstić information content (AvgIpc) is 2.65. The summed E-state index contributed by atoms with van der Waals surface area (Å²) in [6.07, 6.45) is 3.60. The predicted molar refractivity (Wildman–Crippen MR) is 98.8 cm³/mol. The van der Waals surface area contributed by atoms with Crippen molar-refractivity contribution in [3.8, 4) is 0 Å². The van der Waals surface area contributed by atoms with Crippen molar-refractivity contribution in [3.05, 3.63) is 70.1 Å². The first kappa shape index (κ1) is 17.4. The highest BCUT2D eigenvalue weighted by atomic mass is 16.2. The molecule has 1 fully saturated rings. The number of piperidine rings is 1. The van der Waals surface area contributed by atoms with Gasteiger partial charge in [0, 0.05) is 25.3 Å². The van der Waals surface area contributed by atoms with Gasteiger partial charge in [-0.15, -0.1) is 0 Å². The smallest absolute Gasteiger partial charge is 0.263 e. The Morgan fingerprint density at radius 3 is 2.52 bits per heavy atom. The molecular formula is C20H25N3O2. The Balaban J connectivity index is 1.69. The number of nitrogens with zero attached hydrogens (tertiary/aromatic N) is 2. The summed E-state index contributed by atoms with van der Waals surface area (Å²) in [5, 5.41) is 3.03. The molecular weight excluding hydrogens is 314 g/mol. The van der Waals surface area contributed by atoms with Crippen molar-refractivity contribution >= 4 is 5.91 Å². The quantitative estimate of drug-likeness (QED) is 0.908. The van der Waals surface area contributed by atoms with Crippen LogP contribution in [-0.2, 0) is 6.54 Å². The fraction of sp³-hybridized carbons (Fsp3) is 0.400. The summed E-state index contributed by atoms with van der Waals surface area (Å²) in [5.74, 6) is -0.262. The Labute approximate surface area is 148 Å². The summed E-state index contributed by atoms with van der Waals surface area (Å²) in [7, 11) is 0. The number of rotatable bonds is 5. The number of carbonyl (C=O) groups is 1. The van der Waals surface area contributed by atoms with Crippen LogP contribution in [0.5, 0.6) is 0 Å². The molecule has 0 saturated carbocycles. The molecule has 1 aliphatic rings. The number of aromatic nitrogens is 1. The van der Waals surface area contributed by atoms with E-state index >= 15 is 0 Å². The summed E-state index contributed by atoms with van der Waals surface area (Å²) >= 11 is 0. The van der Waals surface area contributed by atoms with Gasteiger partial charge in [0.2, 0.25) is 0 Å². The first-order chi connectivity index (χ1) is 12.2. The second kappa shape index (κ2) is 8.12. The molecule has 0 unspecified atom stereocenters. The summed E-state index contributed by atoms with van der Waals surface area (Å²) in [6.45, 7) is 5.65. The fourth-order valence-corrected chi connectivity index (χ4v) is 3.27. The van der Waals surface area contributed by atoms with Crippen LogP contribution in [0.2, 0.25) is 0 Å². The van der Waals surface area contributed by atoms with E-state index in [0.717, 1.165) is 38.0 Å². The molecule has 2 heterocycles. The van der Waals surface area contributed by atoms with Crippen LogP contribution in [0.3, 0.4) is 0 Å². The highest BCUT2D eigenvalue weighted by Crippen LogP contribution is 2.10. The van der Waals surface area contributed by atoms with Crippen molar-refractivity contribution in [2.75, 3.05) is 19.6 Å². The minimum Gasteiger partial charge on any atom is -0.349 e. The van der Waals surface area contributed by atoms with Crippen LogP contribution in [-0.4, -0.2) is 41.1 Å². The molecule has 1 amide bonds. The predicted octanol–water partition coefficient (Wildman–Crippen LogP) is 2.11. The third-order valence-corrected chi connectivity index (χ3v) is 4.83. The van der Waals surface area contributed by atoms with Crippen molar-refractivity contribution in [3.63, 3.8) is 0 Å². The highest BCUT2D eigenvalue weighted by Gasteiger charge is 2.21. The lowest BCUT2D eigenvalue weighted by Gasteiger charge is -2.31. The SMILES string of the molecule is CCN1CCC(NC(=O)c2cccn(Cc3ccccc3)c2=O)CC1. The van der Waals surface area contributed by atoms with E-state index in [-0.39, 0.29) is 23.1 Å². The van der Waals surface area contributed by atoms with E-state index in [1.54, 1.807) is 22.9 Å². The van der Waals surface area contributed by atoms with Gasteiger partial charge in [0.25, 0.3) is 11.5 Å². The van der Waals surface area contributed by atoms with Gasteiger partial charge in [-0.05, 0) is 37.1 Å². The third kappa shape index (κ3) is 4.37. The molecule has 1 aromatic carbocycles. The second-order valence-electron chi connectivity index (χ2n) is 6.52. The lowest BCUT2D eigenvalue weighted by Crippen LogP contribution is -2.45. The molecule has 0 atom stereocenters. The number of pyridine rings is 1. The average molecular weight is 339 g/mol. The molecule has 0 spiro atoms. The molecule has 1 aliphatic heterocycles. The van der Waals surface area contributed by atoms with Crippen LogP contribution in [0.25, 0.3) is 0 Å². The Hall–Kier alpha value is -2.40. The van der Waals surface area contributed by atoms with Crippen LogP contribution >= 0.6 is 0 Å². The molecule has 0 bridgehead atoms. The molecule has 0 aliphatic carbocycles. The maximum Gasteiger partial charge on any atom is 0.263 e. The molecule has 3 rings (SSSR count). The zero-order valence-corrected chi connectivity index (χ0v) is 14.6. The van der Waals surface area contributed by atoms with E-state index in [9.17, 15) is 9.59 Å². The Bertz CT molecular complexity index is 762. The van der Waals surface area contributed by atoms with Crippen LogP contribution in [0.15, 0.2) is 53.5 Å². The summed E-state index contributed by atoms with van der Waals surface area (Å²) in [5.41, 5.74) is 1.01. The van der Waals surface area contributed by atoms with Gasteiger partial charge in [-0.2, -0.15) is 0 Å². The Morgan fingerprint density at radius 2 is 1.84 bits per heavy atom. The summed E-state index contributed by atoms with van der Waals surface area (Å²) < 4.78 is 1.59. The van der Waals surface area contributed by atoms with Gasteiger partial charge in [0.15, 0.2) is 0 Å². The van der Waals surface area contributed by atoms with Crippen molar-refractivity contribution < 1.29 is 4.79 Å². The number of hydrogen-bond acceptors (Lipinski definition) is 3. The minimum absolute atomic E-state index is 0.150. The molecule has 1 aromatic heterocycles. The zero-order valence-electron chi connectivity index (χ0n) is 14.6. The van der Waals surface area contributed by atoms with Gasteiger partial charge in [-0.3, -0.25) is 9.59 Å². The molecule has 132 valence electrons. The maximum absolute atomic E-state index is 12.6. The summed E-state index contributed by atoms with van der Waals surface area (Å²) in [4.78, 5) is 27.6. The Morgan fingerprint density at radius 1 is 1.12 bits per heavy atom. The second-order valence-corrected chi connectivity index (χ2v) is 6.52. The topological polar surface area (TPSA) is 54.3 Å². The van der Waals surface area contributed by atoms with Crippen molar-refractivity contribution in [1.29, 1.82) is 0 Å². The van der Waals surface area contributed by atoms with E-state index in [0.29, 0.717) is 6.54 Å². The molecule has 1 N–H and O–H groups in total. The van der Waals surface area contributed by atoms with Crippen LogP contribution in [0.4, 0.5) is 0 Å². The number of benzene rings is 1. The van der Waals surface area contributed by atoms with Crippen LogP contribution < -0.4 is 10.9 Å². The van der Waals surface area contributed by atoms with Crippen molar-refractivity contribution in [1.82, 2.24) is 14.8 Å². The first-order valence-corrected chi connectivity index (χ1v) is 8.94. The summed E-state index contributed by atoms with van der Waals surface area (Å²) in [6, 6.07) is 13.3. The van der Waals surface area contributed by atoms with Gasteiger partial charge in [-0.1, -0.05) is 37.3 Å². The van der Waals surface area contributed by atoms with Crippen LogP contribution in [0, 0.1) is 0 Å². The number of carbonyl (C=O) groups excluding carboxylic acids is 1. The van der Waals surface area contributed by atoms with Crippen molar-refractivity contribution in [2.24, 2.45) is 0 Å². The number of amides is 1. The molecule has 5 heteroatoms. The minimum atomic E-state index is -0.262. The van der Waals surface area contributed by atoms with Gasteiger partial charge >= 0.3 is 0 Å². The van der Waals surface area contributed by atoms with Gasteiger partial charge in [-0.25, -0.2) is 0 Å². The fourth-order valence-electron chi connectivity index (χ4n) is 3.27. The molecule has 2 aromatic rings. The van der Waals surface area contributed by atoms with Gasteiger partial charge < -0.3 is 14.8 Å². The van der Waals surface area contributed by atoms with Gasteiger partial charge in [0.1, 0.15) is 5.56 Å².